The van der Waals surface area contributed by atoms with Gasteiger partial charge in [0.2, 0.25) is 0 Å². The van der Waals surface area contributed by atoms with Gasteiger partial charge in [-0.15, -0.1) is 0 Å². The second-order valence-electron chi connectivity index (χ2n) is 6.27. The maximum Gasteiger partial charge on any atom is 0.119 e. The summed E-state index contributed by atoms with van der Waals surface area (Å²) in [6.07, 6.45) is 2.81. The first kappa shape index (κ1) is 13.4. The Balaban J connectivity index is 1.74. The second-order valence-corrected chi connectivity index (χ2v) is 6.27. The van der Waals surface area contributed by atoms with Crippen molar-refractivity contribution in [3.8, 4) is 5.75 Å². The molecule has 0 heterocycles. The number of hydrogen-bond donors (Lipinski definition) is 1. The van der Waals surface area contributed by atoms with Gasteiger partial charge < -0.3 is 10.1 Å². The smallest absolute Gasteiger partial charge is 0.119 e. The number of rotatable bonds is 6. The van der Waals surface area contributed by atoms with Crippen molar-refractivity contribution in [3.05, 3.63) is 29.8 Å². The summed E-state index contributed by atoms with van der Waals surface area (Å²) in [5.74, 6) is 1.92. The number of benzene rings is 1. The molecule has 2 nitrogen and oxygen atoms in total. The van der Waals surface area contributed by atoms with Crippen molar-refractivity contribution in [2.45, 2.75) is 39.0 Å². The topological polar surface area (TPSA) is 21.3 Å². The molecule has 0 bridgehead atoms. The molecule has 1 fully saturated rings. The van der Waals surface area contributed by atoms with Crippen molar-refractivity contribution in [2.75, 3.05) is 19.7 Å². The highest BCUT2D eigenvalue weighted by Gasteiger charge is 2.20. The fourth-order valence-corrected chi connectivity index (χ4v) is 1.92. The molecular weight excluding hydrogens is 222 g/mol. The van der Waals surface area contributed by atoms with Crippen LogP contribution in [0.25, 0.3) is 0 Å². The van der Waals surface area contributed by atoms with Gasteiger partial charge in [-0.25, -0.2) is 0 Å². The lowest BCUT2D eigenvalue weighted by Gasteiger charge is -2.19. The van der Waals surface area contributed by atoms with E-state index in [2.05, 4.69) is 44.3 Å². The third-order valence-corrected chi connectivity index (χ3v) is 3.38. The predicted octanol–water partition coefficient (Wildman–Crippen LogP) is 3.36. The molecule has 0 aromatic heterocycles. The van der Waals surface area contributed by atoms with Crippen LogP contribution in [0.2, 0.25) is 0 Å². The summed E-state index contributed by atoms with van der Waals surface area (Å²) >= 11 is 0. The lowest BCUT2D eigenvalue weighted by Crippen LogP contribution is -2.23. The molecule has 1 aromatic carbocycles. The van der Waals surface area contributed by atoms with Gasteiger partial charge in [-0.2, -0.15) is 0 Å². The van der Waals surface area contributed by atoms with Gasteiger partial charge >= 0.3 is 0 Å². The lowest BCUT2D eigenvalue weighted by atomic mass is 9.87. The van der Waals surface area contributed by atoms with E-state index in [4.69, 9.17) is 4.74 Å². The van der Waals surface area contributed by atoms with Crippen LogP contribution in [0.1, 0.15) is 39.2 Å². The van der Waals surface area contributed by atoms with Gasteiger partial charge in [0.1, 0.15) is 12.4 Å². The highest BCUT2D eigenvalue weighted by molar-refractivity contribution is 5.32. The third-order valence-electron chi connectivity index (χ3n) is 3.38. The highest BCUT2D eigenvalue weighted by atomic mass is 16.5. The summed E-state index contributed by atoms with van der Waals surface area (Å²) in [4.78, 5) is 0. The zero-order valence-electron chi connectivity index (χ0n) is 11.8. The second kappa shape index (κ2) is 5.75. The molecule has 2 rings (SSSR count). The molecule has 1 N–H and O–H groups in total. The normalized spacial score (nSPS) is 15.7. The molecule has 0 saturated heterocycles. The van der Waals surface area contributed by atoms with E-state index in [0.717, 1.165) is 31.4 Å². The molecule has 1 aromatic rings. The van der Waals surface area contributed by atoms with Crippen molar-refractivity contribution < 1.29 is 4.74 Å². The van der Waals surface area contributed by atoms with Crippen LogP contribution in [0.3, 0.4) is 0 Å². The van der Waals surface area contributed by atoms with Crippen LogP contribution in [0.5, 0.6) is 5.75 Å². The molecule has 1 aliphatic carbocycles. The van der Waals surface area contributed by atoms with Crippen molar-refractivity contribution in [1.82, 2.24) is 5.32 Å². The molecule has 18 heavy (non-hydrogen) atoms. The van der Waals surface area contributed by atoms with Crippen molar-refractivity contribution >= 4 is 0 Å². The molecule has 1 aliphatic rings. The Kier molecular flexibility index (Phi) is 4.28. The van der Waals surface area contributed by atoms with Gasteiger partial charge in [-0.1, -0.05) is 32.9 Å². The minimum atomic E-state index is 0.184. The molecule has 0 amide bonds. The van der Waals surface area contributed by atoms with E-state index >= 15 is 0 Å². The van der Waals surface area contributed by atoms with Gasteiger partial charge in [0.05, 0.1) is 0 Å². The first-order valence-electron chi connectivity index (χ1n) is 7.00. The fraction of sp³-hybridized carbons (Fsp3) is 0.625. The summed E-state index contributed by atoms with van der Waals surface area (Å²) in [6, 6.07) is 8.43. The van der Waals surface area contributed by atoms with Crippen LogP contribution >= 0.6 is 0 Å². The van der Waals surface area contributed by atoms with Gasteiger partial charge in [0.25, 0.3) is 0 Å². The monoisotopic (exact) mass is 247 g/mol. The zero-order valence-corrected chi connectivity index (χ0v) is 11.8. The molecule has 1 saturated carbocycles. The Morgan fingerprint density at radius 1 is 1.28 bits per heavy atom. The van der Waals surface area contributed by atoms with Crippen LogP contribution < -0.4 is 10.1 Å². The Labute approximate surface area is 111 Å². The van der Waals surface area contributed by atoms with Crippen LogP contribution in [-0.2, 0) is 5.41 Å². The van der Waals surface area contributed by atoms with E-state index in [1.807, 2.05) is 6.07 Å². The van der Waals surface area contributed by atoms with Crippen LogP contribution in [0.4, 0.5) is 0 Å². The quantitative estimate of drug-likeness (QED) is 0.778. The standard InChI is InChI=1S/C16H25NO/c1-16(2,3)14-5-4-6-15(11-14)18-10-9-17-12-13-7-8-13/h4-6,11,13,17H,7-10,12H2,1-3H3. The third kappa shape index (κ3) is 4.34. The molecule has 0 spiro atoms. The molecule has 100 valence electrons. The van der Waals surface area contributed by atoms with Crippen molar-refractivity contribution in [3.63, 3.8) is 0 Å². The SMILES string of the molecule is CC(C)(C)c1cccc(OCCNCC2CC2)c1. The zero-order chi connectivity index (χ0) is 13.0. The predicted molar refractivity (Wildman–Crippen MR) is 76.2 cm³/mol. The molecule has 0 unspecified atom stereocenters. The van der Waals surface area contributed by atoms with Gasteiger partial charge in [0, 0.05) is 6.54 Å². The molecule has 0 aliphatic heterocycles. The fourth-order valence-electron chi connectivity index (χ4n) is 1.92. The van der Waals surface area contributed by atoms with E-state index in [1.54, 1.807) is 0 Å². The number of ether oxygens (including phenoxy) is 1. The van der Waals surface area contributed by atoms with E-state index in [0.29, 0.717) is 0 Å². The average Bonchev–Trinajstić information content (AvgIpc) is 3.12. The molecular formula is C16H25NO. The van der Waals surface area contributed by atoms with Crippen molar-refractivity contribution in [1.29, 1.82) is 0 Å². The summed E-state index contributed by atoms with van der Waals surface area (Å²) in [5.41, 5.74) is 1.51. The number of hydrogen-bond acceptors (Lipinski definition) is 2. The Morgan fingerprint density at radius 2 is 2.06 bits per heavy atom. The summed E-state index contributed by atoms with van der Waals surface area (Å²) in [6.45, 7) is 9.53. The van der Waals surface area contributed by atoms with Gasteiger partial charge in [0.15, 0.2) is 0 Å². The molecule has 0 atom stereocenters. The summed E-state index contributed by atoms with van der Waals surface area (Å²) in [7, 11) is 0. The Hall–Kier alpha value is -1.02. The number of nitrogens with one attached hydrogen (secondary N) is 1. The van der Waals surface area contributed by atoms with E-state index in [-0.39, 0.29) is 5.41 Å². The largest absolute Gasteiger partial charge is 0.492 e. The highest BCUT2D eigenvalue weighted by Crippen LogP contribution is 2.27. The minimum absolute atomic E-state index is 0.184. The molecule has 2 heteroatoms. The molecule has 0 radical (unpaired) electrons. The van der Waals surface area contributed by atoms with E-state index in [1.165, 1.54) is 18.4 Å². The lowest BCUT2D eigenvalue weighted by molar-refractivity contribution is 0.312. The van der Waals surface area contributed by atoms with Crippen LogP contribution in [-0.4, -0.2) is 19.7 Å². The maximum atomic E-state index is 5.78. The van der Waals surface area contributed by atoms with Gasteiger partial charge in [-0.3, -0.25) is 0 Å². The van der Waals surface area contributed by atoms with E-state index < -0.39 is 0 Å². The van der Waals surface area contributed by atoms with Crippen molar-refractivity contribution in [2.24, 2.45) is 5.92 Å². The Morgan fingerprint density at radius 3 is 2.72 bits per heavy atom. The first-order valence-corrected chi connectivity index (χ1v) is 7.00. The van der Waals surface area contributed by atoms with Crippen LogP contribution in [0.15, 0.2) is 24.3 Å². The average molecular weight is 247 g/mol. The van der Waals surface area contributed by atoms with E-state index in [9.17, 15) is 0 Å². The maximum absolute atomic E-state index is 5.78. The summed E-state index contributed by atoms with van der Waals surface area (Å²) in [5, 5.41) is 3.44. The van der Waals surface area contributed by atoms with Gasteiger partial charge in [-0.05, 0) is 48.4 Å². The van der Waals surface area contributed by atoms with Crippen LogP contribution in [0, 0.1) is 5.92 Å². The summed E-state index contributed by atoms with van der Waals surface area (Å²) < 4.78 is 5.78. The minimum Gasteiger partial charge on any atom is -0.492 e. The first-order chi connectivity index (χ1) is 8.55. The Bertz CT molecular complexity index is 377.